The van der Waals surface area contributed by atoms with Crippen molar-refractivity contribution in [2.24, 2.45) is 18.9 Å². The van der Waals surface area contributed by atoms with Gasteiger partial charge in [-0.05, 0) is 43.2 Å². The summed E-state index contributed by atoms with van der Waals surface area (Å²) in [5.74, 6) is 3.48. The van der Waals surface area contributed by atoms with Crippen molar-refractivity contribution in [3.8, 4) is 0 Å². The van der Waals surface area contributed by atoms with Crippen LogP contribution in [-0.2, 0) is 7.05 Å². The van der Waals surface area contributed by atoms with Crippen molar-refractivity contribution in [1.82, 2.24) is 14.9 Å². The molecule has 0 radical (unpaired) electrons. The number of nitrogens with zero attached hydrogens (tertiary/aromatic N) is 2. The van der Waals surface area contributed by atoms with Crippen LogP contribution in [0.2, 0.25) is 0 Å². The summed E-state index contributed by atoms with van der Waals surface area (Å²) in [6.45, 7) is 4.71. The van der Waals surface area contributed by atoms with Crippen LogP contribution in [0, 0.1) is 11.8 Å². The summed E-state index contributed by atoms with van der Waals surface area (Å²) in [4.78, 5) is 4.52. The number of hydrogen-bond donors (Lipinski definition) is 1. The van der Waals surface area contributed by atoms with Gasteiger partial charge in [0.05, 0.1) is 6.26 Å². The number of hydrogen-bond acceptors (Lipinski definition) is 3. The summed E-state index contributed by atoms with van der Waals surface area (Å²) in [6, 6.07) is 4.52. The van der Waals surface area contributed by atoms with E-state index in [1.54, 1.807) is 6.26 Å². The van der Waals surface area contributed by atoms with E-state index in [1.807, 2.05) is 31.6 Å². The van der Waals surface area contributed by atoms with Gasteiger partial charge in [-0.1, -0.05) is 13.8 Å². The topological polar surface area (TPSA) is 43.0 Å². The van der Waals surface area contributed by atoms with Gasteiger partial charge in [-0.25, -0.2) is 4.98 Å². The molecule has 0 aliphatic heterocycles. The summed E-state index contributed by atoms with van der Waals surface area (Å²) < 4.78 is 7.72. The normalized spacial score (nSPS) is 27.7. The number of furan rings is 1. The van der Waals surface area contributed by atoms with Gasteiger partial charge < -0.3 is 8.98 Å². The lowest BCUT2D eigenvalue weighted by Gasteiger charge is -2.35. The average molecular weight is 287 g/mol. The molecule has 0 bridgehead atoms. The van der Waals surface area contributed by atoms with Crippen LogP contribution >= 0.6 is 0 Å². The maximum Gasteiger partial charge on any atom is 0.133 e. The Hall–Kier alpha value is -1.55. The van der Waals surface area contributed by atoms with Gasteiger partial charge >= 0.3 is 0 Å². The van der Waals surface area contributed by atoms with Crippen molar-refractivity contribution >= 4 is 0 Å². The summed E-state index contributed by atoms with van der Waals surface area (Å²) in [6.07, 6.45) is 9.39. The SMILES string of the molecule is CC1CCC(NC(c2ccco2)c2nccn2C)C(C)C1. The number of nitrogens with one attached hydrogen (secondary N) is 1. The molecule has 4 nitrogen and oxygen atoms in total. The highest BCUT2D eigenvalue weighted by atomic mass is 16.3. The smallest absolute Gasteiger partial charge is 0.133 e. The first-order chi connectivity index (χ1) is 10.1. The highest BCUT2D eigenvalue weighted by Crippen LogP contribution is 2.31. The van der Waals surface area contributed by atoms with Crippen LogP contribution in [0.5, 0.6) is 0 Å². The Bertz CT molecular complexity index is 560. The zero-order chi connectivity index (χ0) is 14.8. The summed E-state index contributed by atoms with van der Waals surface area (Å²) in [7, 11) is 2.03. The molecule has 1 fully saturated rings. The Balaban J connectivity index is 1.82. The number of aromatic nitrogens is 2. The Morgan fingerprint density at radius 3 is 2.86 bits per heavy atom. The van der Waals surface area contributed by atoms with Gasteiger partial charge in [0, 0.05) is 25.5 Å². The molecule has 0 aromatic carbocycles. The van der Waals surface area contributed by atoms with E-state index in [0.717, 1.165) is 17.5 Å². The molecule has 1 saturated carbocycles. The van der Waals surface area contributed by atoms with Crippen molar-refractivity contribution in [1.29, 1.82) is 0 Å². The van der Waals surface area contributed by atoms with Crippen LogP contribution in [0.15, 0.2) is 35.2 Å². The first kappa shape index (κ1) is 14.4. The molecule has 114 valence electrons. The summed E-state index contributed by atoms with van der Waals surface area (Å²) in [5.41, 5.74) is 0. The first-order valence-corrected chi connectivity index (χ1v) is 7.92. The third kappa shape index (κ3) is 3.05. The lowest BCUT2D eigenvalue weighted by molar-refractivity contribution is 0.212. The molecule has 1 N–H and O–H groups in total. The lowest BCUT2D eigenvalue weighted by atomic mass is 9.79. The minimum atomic E-state index is 0.0286. The van der Waals surface area contributed by atoms with Gasteiger partial charge in [0.2, 0.25) is 0 Å². The van der Waals surface area contributed by atoms with Gasteiger partial charge in [-0.15, -0.1) is 0 Å². The van der Waals surface area contributed by atoms with Crippen LogP contribution in [-0.4, -0.2) is 15.6 Å². The Kier molecular flexibility index (Phi) is 4.15. The minimum Gasteiger partial charge on any atom is -0.467 e. The molecule has 2 aromatic rings. The molecular weight excluding hydrogens is 262 g/mol. The molecule has 0 amide bonds. The molecule has 0 spiro atoms. The van der Waals surface area contributed by atoms with Crippen molar-refractivity contribution in [3.63, 3.8) is 0 Å². The number of aryl methyl sites for hydroxylation is 1. The number of rotatable bonds is 4. The van der Waals surface area contributed by atoms with E-state index >= 15 is 0 Å². The van der Waals surface area contributed by atoms with E-state index in [2.05, 4.69) is 28.7 Å². The van der Waals surface area contributed by atoms with Crippen molar-refractivity contribution in [2.45, 2.75) is 45.2 Å². The fourth-order valence-electron chi connectivity index (χ4n) is 3.52. The molecule has 4 heteroatoms. The van der Waals surface area contributed by atoms with E-state index in [0.29, 0.717) is 12.0 Å². The van der Waals surface area contributed by atoms with Crippen LogP contribution in [0.3, 0.4) is 0 Å². The Labute approximate surface area is 126 Å². The molecule has 1 aliphatic rings. The summed E-state index contributed by atoms with van der Waals surface area (Å²) >= 11 is 0. The molecule has 3 rings (SSSR count). The molecule has 4 atom stereocenters. The maximum absolute atomic E-state index is 5.66. The van der Waals surface area contributed by atoms with Gasteiger partial charge in [-0.3, -0.25) is 5.32 Å². The average Bonchev–Trinajstić information content (AvgIpc) is 3.10. The quantitative estimate of drug-likeness (QED) is 0.935. The third-order valence-corrected chi connectivity index (χ3v) is 4.76. The van der Waals surface area contributed by atoms with E-state index < -0.39 is 0 Å². The van der Waals surface area contributed by atoms with Gasteiger partial charge in [0.15, 0.2) is 0 Å². The fraction of sp³-hybridized carbons (Fsp3) is 0.588. The molecule has 0 saturated heterocycles. The largest absolute Gasteiger partial charge is 0.467 e. The van der Waals surface area contributed by atoms with E-state index in [9.17, 15) is 0 Å². The first-order valence-electron chi connectivity index (χ1n) is 7.92. The predicted octanol–water partition coefficient (Wildman–Crippen LogP) is 3.52. The van der Waals surface area contributed by atoms with Crippen LogP contribution in [0.1, 0.15) is 50.7 Å². The third-order valence-electron chi connectivity index (χ3n) is 4.76. The van der Waals surface area contributed by atoms with Crippen molar-refractivity contribution in [2.75, 3.05) is 0 Å². The monoisotopic (exact) mass is 287 g/mol. The molecule has 21 heavy (non-hydrogen) atoms. The molecule has 2 aromatic heterocycles. The summed E-state index contributed by atoms with van der Waals surface area (Å²) in [5, 5.41) is 3.79. The highest BCUT2D eigenvalue weighted by molar-refractivity contribution is 5.16. The van der Waals surface area contributed by atoms with Crippen LogP contribution < -0.4 is 5.32 Å². The molecular formula is C17H25N3O. The zero-order valence-electron chi connectivity index (χ0n) is 13.1. The van der Waals surface area contributed by atoms with Gasteiger partial charge in [0.25, 0.3) is 0 Å². The predicted molar refractivity (Wildman–Crippen MR) is 82.9 cm³/mol. The van der Waals surface area contributed by atoms with Gasteiger partial charge in [0.1, 0.15) is 17.6 Å². The fourth-order valence-corrected chi connectivity index (χ4v) is 3.52. The highest BCUT2D eigenvalue weighted by Gasteiger charge is 2.30. The second-order valence-electron chi connectivity index (χ2n) is 6.51. The van der Waals surface area contributed by atoms with E-state index in [1.165, 1.54) is 19.3 Å². The Morgan fingerprint density at radius 2 is 2.24 bits per heavy atom. The molecule has 2 heterocycles. The second kappa shape index (κ2) is 6.06. The number of imidazole rings is 1. The standard InChI is InChI=1S/C17H25N3O/c1-12-6-7-14(13(2)11-12)19-16(15-5-4-10-21-15)17-18-8-9-20(17)3/h4-5,8-10,12-14,16,19H,6-7,11H2,1-3H3. The second-order valence-corrected chi connectivity index (χ2v) is 6.51. The van der Waals surface area contributed by atoms with Crippen molar-refractivity contribution < 1.29 is 4.42 Å². The van der Waals surface area contributed by atoms with Crippen LogP contribution in [0.25, 0.3) is 0 Å². The van der Waals surface area contributed by atoms with Gasteiger partial charge in [-0.2, -0.15) is 0 Å². The lowest BCUT2D eigenvalue weighted by Crippen LogP contribution is -2.42. The van der Waals surface area contributed by atoms with Crippen LogP contribution in [0.4, 0.5) is 0 Å². The minimum absolute atomic E-state index is 0.0286. The maximum atomic E-state index is 5.66. The van der Waals surface area contributed by atoms with E-state index in [-0.39, 0.29) is 6.04 Å². The molecule has 1 aliphatic carbocycles. The van der Waals surface area contributed by atoms with Crippen molar-refractivity contribution in [3.05, 3.63) is 42.4 Å². The Morgan fingerprint density at radius 1 is 1.38 bits per heavy atom. The molecule has 4 unspecified atom stereocenters. The van der Waals surface area contributed by atoms with E-state index in [4.69, 9.17) is 4.42 Å². The zero-order valence-corrected chi connectivity index (χ0v) is 13.1.